The predicted octanol–water partition coefficient (Wildman–Crippen LogP) is -3.00. The molecule has 2 aliphatic heterocycles. The number of nitrogens with one attached hydrogen (secondary N) is 4. The third-order valence-electron chi connectivity index (χ3n) is 4.27. The predicted molar refractivity (Wildman–Crippen MR) is 77.7 cm³/mol. The van der Waals surface area contributed by atoms with Crippen LogP contribution in [0.1, 0.15) is 6.92 Å². The molecule has 0 amide bonds. The van der Waals surface area contributed by atoms with Gasteiger partial charge in [0.1, 0.15) is 0 Å². The molecular weight excluding hydrogens is 242 g/mol. The average molecular weight is 271 g/mol. The van der Waals surface area contributed by atoms with Crippen LogP contribution in [0.4, 0.5) is 0 Å². The molecule has 19 heavy (non-hydrogen) atoms. The summed E-state index contributed by atoms with van der Waals surface area (Å²) in [6.07, 6.45) is 0. The van der Waals surface area contributed by atoms with Gasteiger partial charge in [0.05, 0.1) is 5.66 Å². The quantitative estimate of drug-likeness (QED) is 0.317. The minimum absolute atomic E-state index is 0.212. The molecule has 2 aliphatic rings. The summed E-state index contributed by atoms with van der Waals surface area (Å²) in [5.74, 6) is 0. The third kappa shape index (κ3) is 3.85. The highest BCUT2D eigenvalue weighted by Gasteiger charge is 2.33. The molecule has 0 aromatic carbocycles. The summed E-state index contributed by atoms with van der Waals surface area (Å²) in [5.41, 5.74) is 11.4. The zero-order valence-electron chi connectivity index (χ0n) is 11.9. The van der Waals surface area contributed by atoms with Gasteiger partial charge in [-0.3, -0.25) is 15.5 Å². The highest BCUT2D eigenvalue weighted by molar-refractivity contribution is 4.96. The summed E-state index contributed by atoms with van der Waals surface area (Å²) >= 11 is 0. The zero-order chi connectivity index (χ0) is 13.7. The van der Waals surface area contributed by atoms with Crippen molar-refractivity contribution in [1.29, 1.82) is 0 Å². The Morgan fingerprint density at radius 2 is 2.21 bits per heavy atom. The smallest absolute Gasteiger partial charge is 0.0951 e. The summed E-state index contributed by atoms with van der Waals surface area (Å²) < 4.78 is 0. The van der Waals surface area contributed by atoms with E-state index in [1.807, 2.05) is 0 Å². The molecule has 8 N–H and O–H groups in total. The summed E-state index contributed by atoms with van der Waals surface area (Å²) in [6, 6.07) is 0.906. The van der Waals surface area contributed by atoms with Crippen molar-refractivity contribution >= 4 is 0 Å². The van der Waals surface area contributed by atoms with E-state index in [1.165, 1.54) is 0 Å². The highest BCUT2D eigenvalue weighted by Crippen LogP contribution is 2.06. The van der Waals surface area contributed by atoms with Crippen LogP contribution in [0.5, 0.6) is 0 Å². The lowest BCUT2D eigenvalue weighted by molar-refractivity contribution is 0.112. The Kier molecular flexibility index (Phi) is 5.52. The van der Waals surface area contributed by atoms with Gasteiger partial charge in [0.25, 0.3) is 0 Å². The van der Waals surface area contributed by atoms with Crippen molar-refractivity contribution in [3.63, 3.8) is 0 Å². The van der Waals surface area contributed by atoms with Crippen LogP contribution in [0.15, 0.2) is 0 Å². The van der Waals surface area contributed by atoms with E-state index in [0.29, 0.717) is 25.2 Å². The van der Waals surface area contributed by atoms with Crippen molar-refractivity contribution in [2.75, 3.05) is 52.5 Å². The normalized spacial score (nSPS) is 37.4. The van der Waals surface area contributed by atoms with Crippen molar-refractivity contribution in [3.05, 3.63) is 0 Å². The largest absolute Gasteiger partial charge is 0.329 e. The molecule has 0 aromatic heterocycles. The Labute approximate surface area is 115 Å². The number of rotatable bonds is 5. The fraction of sp³-hybridized carbons (Fsp3) is 1.00. The molecule has 0 saturated carbocycles. The maximum absolute atomic E-state index is 5.95. The molecule has 3 atom stereocenters. The van der Waals surface area contributed by atoms with Crippen LogP contribution in [-0.4, -0.2) is 75.1 Å². The summed E-state index contributed by atoms with van der Waals surface area (Å²) in [7, 11) is 0. The summed E-state index contributed by atoms with van der Waals surface area (Å²) in [5, 5.41) is 14.0. The number of nitrogens with two attached hydrogens (primary N) is 2. The molecule has 7 heteroatoms. The molecule has 0 radical (unpaired) electrons. The van der Waals surface area contributed by atoms with Crippen molar-refractivity contribution in [2.24, 2.45) is 11.5 Å². The maximum atomic E-state index is 5.95. The molecule has 0 aliphatic carbocycles. The van der Waals surface area contributed by atoms with Crippen LogP contribution in [0.3, 0.4) is 0 Å². The van der Waals surface area contributed by atoms with Crippen molar-refractivity contribution in [1.82, 2.24) is 26.2 Å². The van der Waals surface area contributed by atoms with Crippen molar-refractivity contribution in [3.8, 4) is 0 Å². The topological polar surface area (TPSA) is 103 Å². The summed E-state index contributed by atoms with van der Waals surface area (Å²) in [4.78, 5) is 2.45. The average Bonchev–Trinajstić information content (AvgIpc) is 2.47. The lowest BCUT2D eigenvalue weighted by Crippen LogP contribution is -2.74. The molecule has 7 nitrogen and oxygen atoms in total. The third-order valence-corrected chi connectivity index (χ3v) is 4.27. The van der Waals surface area contributed by atoms with Gasteiger partial charge in [-0.2, -0.15) is 0 Å². The number of piperazine rings is 2. The van der Waals surface area contributed by atoms with Gasteiger partial charge in [0, 0.05) is 64.6 Å². The van der Waals surface area contributed by atoms with Gasteiger partial charge in [-0.05, 0) is 6.92 Å². The van der Waals surface area contributed by atoms with E-state index in [-0.39, 0.29) is 5.66 Å². The molecule has 2 saturated heterocycles. The first-order chi connectivity index (χ1) is 9.19. The first kappa shape index (κ1) is 15.1. The number of hydrogen-bond acceptors (Lipinski definition) is 7. The number of nitrogens with zero attached hydrogens (tertiary/aromatic N) is 1. The second-order valence-electron chi connectivity index (χ2n) is 5.68. The molecular formula is C12H29N7. The SMILES string of the molecule is CC1CNCCN1CNC1(CN)CNC(CN)CN1. The lowest BCUT2D eigenvalue weighted by atomic mass is 10.1. The monoisotopic (exact) mass is 271 g/mol. The Bertz CT molecular complexity index is 265. The van der Waals surface area contributed by atoms with Crippen LogP contribution in [0.2, 0.25) is 0 Å². The van der Waals surface area contributed by atoms with Gasteiger partial charge in [0.2, 0.25) is 0 Å². The second-order valence-corrected chi connectivity index (χ2v) is 5.68. The first-order valence-electron chi connectivity index (χ1n) is 7.27. The Morgan fingerprint density at radius 1 is 1.37 bits per heavy atom. The molecule has 3 unspecified atom stereocenters. The van der Waals surface area contributed by atoms with E-state index in [1.54, 1.807) is 0 Å². The zero-order valence-corrected chi connectivity index (χ0v) is 11.9. The van der Waals surface area contributed by atoms with E-state index < -0.39 is 0 Å². The number of hydrogen-bond donors (Lipinski definition) is 6. The fourth-order valence-corrected chi connectivity index (χ4v) is 2.65. The minimum atomic E-state index is -0.212. The van der Waals surface area contributed by atoms with Gasteiger partial charge < -0.3 is 22.1 Å². The summed E-state index contributed by atoms with van der Waals surface area (Å²) in [6.45, 7) is 9.19. The van der Waals surface area contributed by atoms with Crippen LogP contribution >= 0.6 is 0 Å². The van der Waals surface area contributed by atoms with Gasteiger partial charge in [-0.25, -0.2) is 0 Å². The Hall–Kier alpha value is -0.280. The van der Waals surface area contributed by atoms with Crippen LogP contribution in [0.25, 0.3) is 0 Å². The highest BCUT2D eigenvalue weighted by atomic mass is 15.4. The molecule has 2 fully saturated rings. The lowest BCUT2D eigenvalue weighted by Gasteiger charge is -2.44. The standard InChI is InChI=1S/C12H29N7/c1-10-5-15-2-3-19(10)9-18-12(7-14)8-16-11(4-13)6-17-12/h10-11,15-18H,2-9,13-14H2,1H3. The van der Waals surface area contributed by atoms with Gasteiger partial charge in [0.15, 0.2) is 0 Å². The van der Waals surface area contributed by atoms with Gasteiger partial charge in [-0.1, -0.05) is 0 Å². The van der Waals surface area contributed by atoms with Gasteiger partial charge in [-0.15, -0.1) is 0 Å². The molecule has 112 valence electrons. The Balaban J connectivity index is 1.82. The molecule has 0 bridgehead atoms. The van der Waals surface area contributed by atoms with E-state index >= 15 is 0 Å². The van der Waals surface area contributed by atoms with Crippen molar-refractivity contribution in [2.45, 2.75) is 24.7 Å². The van der Waals surface area contributed by atoms with Crippen molar-refractivity contribution < 1.29 is 0 Å². The van der Waals surface area contributed by atoms with Crippen LogP contribution < -0.4 is 32.7 Å². The van der Waals surface area contributed by atoms with E-state index in [4.69, 9.17) is 11.5 Å². The molecule has 2 heterocycles. The van der Waals surface area contributed by atoms with E-state index in [0.717, 1.165) is 39.4 Å². The second kappa shape index (κ2) is 6.94. The van der Waals surface area contributed by atoms with E-state index in [2.05, 4.69) is 33.1 Å². The van der Waals surface area contributed by atoms with Crippen LogP contribution in [-0.2, 0) is 0 Å². The fourth-order valence-electron chi connectivity index (χ4n) is 2.65. The Morgan fingerprint density at radius 3 is 2.79 bits per heavy atom. The molecule has 2 rings (SSSR count). The maximum Gasteiger partial charge on any atom is 0.0951 e. The van der Waals surface area contributed by atoms with E-state index in [9.17, 15) is 0 Å². The van der Waals surface area contributed by atoms with Crippen LogP contribution in [0, 0.1) is 0 Å². The van der Waals surface area contributed by atoms with Gasteiger partial charge >= 0.3 is 0 Å². The minimum Gasteiger partial charge on any atom is -0.329 e. The molecule has 0 aromatic rings. The molecule has 0 spiro atoms. The first-order valence-corrected chi connectivity index (χ1v) is 7.27.